The molecule has 1 aromatic rings. The van der Waals surface area contributed by atoms with Gasteiger partial charge in [0.25, 0.3) is 5.69 Å². The first kappa shape index (κ1) is 14.3. The quantitative estimate of drug-likeness (QED) is 0.658. The molecule has 1 N–H and O–H groups in total. The highest BCUT2D eigenvalue weighted by Crippen LogP contribution is 2.39. The van der Waals surface area contributed by atoms with Crippen LogP contribution in [0.1, 0.15) is 10.9 Å². The zero-order valence-electron chi connectivity index (χ0n) is 10.7. The first-order valence-corrected chi connectivity index (χ1v) is 6.94. The number of nitro benzene ring substituents is 1. The third kappa shape index (κ3) is 2.90. The summed E-state index contributed by atoms with van der Waals surface area (Å²) in [4.78, 5) is 35.0. The Kier molecular flexibility index (Phi) is 4.23. The van der Waals surface area contributed by atoms with E-state index in [0.29, 0.717) is 5.56 Å². The van der Waals surface area contributed by atoms with E-state index in [4.69, 9.17) is 0 Å². The third-order valence-corrected chi connectivity index (χ3v) is 4.18. The monoisotopic (exact) mass is 295 g/mol. The van der Waals surface area contributed by atoms with Crippen LogP contribution < -0.4 is 5.32 Å². The van der Waals surface area contributed by atoms with Crippen LogP contribution in [-0.2, 0) is 9.59 Å². The minimum absolute atomic E-state index is 0.0256. The maximum Gasteiger partial charge on any atom is 0.269 e. The number of carbonyl (C=O) groups is 2. The minimum Gasteiger partial charge on any atom is -0.358 e. The number of amides is 2. The van der Waals surface area contributed by atoms with Crippen molar-refractivity contribution in [1.82, 2.24) is 10.2 Å². The molecule has 7 nitrogen and oxygen atoms in total. The van der Waals surface area contributed by atoms with Crippen molar-refractivity contribution in [3.05, 3.63) is 39.9 Å². The molecule has 2 rings (SSSR count). The number of non-ortho nitro benzene ring substituents is 1. The predicted molar refractivity (Wildman–Crippen MR) is 74.1 cm³/mol. The van der Waals surface area contributed by atoms with Crippen molar-refractivity contribution in [2.24, 2.45) is 0 Å². The Balaban J connectivity index is 2.26. The molecule has 1 aliphatic heterocycles. The zero-order chi connectivity index (χ0) is 14.7. The molecule has 1 fully saturated rings. The highest BCUT2D eigenvalue weighted by molar-refractivity contribution is 8.00. The van der Waals surface area contributed by atoms with E-state index in [-0.39, 0.29) is 35.2 Å². The van der Waals surface area contributed by atoms with Gasteiger partial charge in [0.15, 0.2) is 0 Å². The number of benzene rings is 1. The number of nitrogens with zero attached hydrogens (tertiary/aromatic N) is 2. The number of hydrogen-bond donors (Lipinski definition) is 1. The molecule has 1 heterocycles. The van der Waals surface area contributed by atoms with E-state index >= 15 is 0 Å². The highest BCUT2D eigenvalue weighted by atomic mass is 32.2. The minimum atomic E-state index is -0.478. The van der Waals surface area contributed by atoms with Crippen LogP contribution in [0.5, 0.6) is 0 Å². The van der Waals surface area contributed by atoms with Gasteiger partial charge in [-0.05, 0) is 5.56 Å². The summed E-state index contributed by atoms with van der Waals surface area (Å²) in [5.41, 5.74) is 0.626. The fourth-order valence-corrected chi connectivity index (χ4v) is 3.10. The average molecular weight is 295 g/mol. The molecule has 0 radical (unpaired) electrons. The number of hydrogen-bond acceptors (Lipinski definition) is 5. The van der Waals surface area contributed by atoms with Crippen LogP contribution in [0, 0.1) is 10.1 Å². The van der Waals surface area contributed by atoms with Gasteiger partial charge in [-0.1, -0.05) is 12.1 Å². The van der Waals surface area contributed by atoms with Gasteiger partial charge in [0, 0.05) is 19.2 Å². The largest absolute Gasteiger partial charge is 0.358 e. The van der Waals surface area contributed by atoms with E-state index in [1.165, 1.54) is 35.8 Å². The van der Waals surface area contributed by atoms with Crippen LogP contribution in [-0.4, -0.2) is 41.0 Å². The molecule has 1 aliphatic rings. The number of likely N-dealkylation sites (N-methyl/N-ethyl adjacent to an activating group) is 1. The van der Waals surface area contributed by atoms with Gasteiger partial charge in [-0.25, -0.2) is 0 Å². The Morgan fingerprint density at radius 2 is 2.35 bits per heavy atom. The first-order chi connectivity index (χ1) is 9.52. The van der Waals surface area contributed by atoms with Crippen molar-refractivity contribution in [1.29, 1.82) is 0 Å². The molecular formula is C12H13N3O4S. The summed E-state index contributed by atoms with van der Waals surface area (Å²) in [7, 11) is 1.50. The summed E-state index contributed by atoms with van der Waals surface area (Å²) in [6, 6.07) is 6.14. The summed E-state index contributed by atoms with van der Waals surface area (Å²) in [6.45, 7) is -0.0459. The Morgan fingerprint density at radius 1 is 1.60 bits per heavy atom. The third-order valence-electron chi connectivity index (χ3n) is 2.93. The Hall–Kier alpha value is -2.09. The molecule has 0 spiro atoms. The Bertz CT molecular complexity index is 563. The maximum absolute atomic E-state index is 11.8. The SMILES string of the molecule is CNC(=O)CN1C(=O)CSC1c1cccc([N+](=O)[O-])c1. The maximum atomic E-state index is 11.8. The normalized spacial score (nSPS) is 18.1. The molecule has 1 aromatic carbocycles. The van der Waals surface area contributed by atoms with E-state index in [0.717, 1.165) is 0 Å². The fraction of sp³-hybridized carbons (Fsp3) is 0.333. The average Bonchev–Trinajstić information content (AvgIpc) is 2.80. The lowest BCUT2D eigenvalue weighted by Crippen LogP contribution is -2.37. The molecule has 2 amide bonds. The Labute approximate surface area is 119 Å². The molecule has 1 saturated heterocycles. The van der Waals surface area contributed by atoms with Gasteiger partial charge in [0.1, 0.15) is 11.9 Å². The second kappa shape index (κ2) is 5.91. The van der Waals surface area contributed by atoms with Gasteiger partial charge >= 0.3 is 0 Å². The van der Waals surface area contributed by atoms with Crippen molar-refractivity contribution in [2.75, 3.05) is 19.3 Å². The van der Waals surface area contributed by atoms with Crippen molar-refractivity contribution in [3.8, 4) is 0 Å². The van der Waals surface area contributed by atoms with Crippen molar-refractivity contribution in [3.63, 3.8) is 0 Å². The van der Waals surface area contributed by atoms with Crippen molar-refractivity contribution in [2.45, 2.75) is 5.37 Å². The molecule has 1 unspecified atom stereocenters. The van der Waals surface area contributed by atoms with Crippen molar-refractivity contribution >= 4 is 29.3 Å². The second-order valence-corrected chi connectivity index (χ2v) is 5.28. The number of rotatable bonds is 4. The lowest BCUT2D eigenvalue weighted by atomic mass is 10.2. The number of thioether (sulfide) groups is 1. The summed E-state index contributed by atoms with van der Waals surface area (Å²) in [6.07, 6.45) is 0. The molecule has 0 aromatic heterocycles. The summed E-state index contributed by atoms with van der Waals surface area (Å²) in [5.74, 6) is -0.143. The molecule has 0 bridgehead atoms. The summed E-state index contributed by atoms with van der Waals surface area (Å²) < 4.78 is 0. The van der Waals surface area contributed by atoms with Crippen LogP contribution >= 0.6 is 11.8 Å². The van der Waals surface area contributed by atoms with E-state index in [1.807, 2.05) is 0 Å². The highest BCUT2D eigenvalue weighted by Gasteiger charge is 2.34. The molecule has 106 valence electrons. The van der Waals surface area contributed by atoms with Gasteiger partial charge in [-0.15, -0.1) is 11.8 Å². The lowest BCUT2D eigenvalue weighted by Gasteiger charge is -2.23. The van der Waals surface area contributed by atoms with E-state index in [1.54, 1.807) is 12.1 Å². The van der Waals surface area contributed by atoms with Crippen LogP contribution in [0.3, 0.4) is 0 Å². The van der Waals surface area contributed by atoms with Crippen LogP contribution in [0.4, 0.5) is 5.69 Å². The van der Waals surface area contributed by atoms with E-state index in [2.05, 4.69) is 5.32 Å². The molecule has 0 aliphatic carbocycles. The van der Waals surface area contributed by atoms with Gasteiger partial charge in [0.2, 0.25) is 11.8 Å². The number of nitrogens with one attached hydrogen (secondary N) is 1. The molecule has 20 heavy (non-hydrogen) atoms. The van der Waals surface area contributed by atoms with Gasteiger partial charge in [-0.3, -0.25) is 19.7 Å². The number of carbonyl (C=O) groups excluding carboxylic acids is 2. The smallest absolute Gasteiger partial charge is 0.269 e. The molecular weight excluding hydrogens is 282 g/mol. The summed E-state index contributed by atoms with van der Waals surface area (Å²) >= 11 is 1.36. The van der Waals surface area contributed by atoms with Gasteiger partial charge < -0.3 is 10.2 Å². The predicted octanol–water partition coefficient (Wildman–Crippen LogP) is 0.915. The fourth-order valence-electron chi connectivity index (χ4n) is 1.93. The lowest BCUT2D eigenvalue weighted by molar-refractivity contribution is -0.384. The Morgan fingerprint density at radius 3 is 3.00 bits per heavy atom. The van der Waals surface area contributed by atoms with E-state index in [9.17, 15) is 19.7 Å². The molecule has 8 heteroatoms. The second-order valence-electron chi connectivity index (χ2n) is 4.21. The van der Waals surface area contributed by atoms with Crippen LogP contribution in [0.25, 0.3) is 0 Å². The standard InChI is InChI=1S/C12H13N3O4S/c1-13-10(16)6-14-11(17)7-20-12(14)8-3-2-4-9(5-8)15(18)19/h2-5,12H,6-7H2,1H3,(H,13,16). The first-order valence-electron chi connectivity index (χ1n) is 5.89. The van der Waals surface area contributed by atoms with Gasteiger partial charge in [-0.2, -0.15) is 0 Å². The molecule has 0 saturated carbocycles. The van der Waals surface area contributed by atoms with Gasteiger partial charge in [0.05, 0.1) is 10.7 Å². The van der Waals surface area contributed by atoms with Crippen LogP contribution in [0.2, 0.25) is 0 Å². The van der Waals surface area contributed by atoms with Crippen LogP contribution in [0.15, 0.2) is 24.3 Å². The topological polar surface area (TPSA) is 92.6 Å². The zero-order valence-corrected chi connectivity index (χ0v) is 11.6. The summed E-state index contributed by atoms with van der Waals surface area (Å²) in [5, 5.41) is 12.9. The van der Waals surface area contributed by atoms with E-state index < -0.39 is 4.92 Å². The molecule has 1 atom stereocenters. The van der Waals surface area contributed by atoms with Crippen molar-refractivity contribution < 1.29 is 14.5 Å². The number of nitro groups is 1.